The van der Waals surface area contributed by atoms with Gasteiger partial charge in [0.1, 0.15) is 11.0 Å². The second-order valence-corrected chi connectivity index (χ2v) is 9.38. The molecule has 160 valence electrons. The maximum Gasteiger partial charge on any atom is 0.322 e. The van der Waals surface area contributed by atoms with Crippen LogP contribution in [0.25, 0.3) is 10.6 Å². The summed E-state index contributed by atoms with van der Waals surface area (Å²) in [6.07, 6.45) is 1.39. The molecule has 1 saturated heterocycles. The van der Waals surface area contributed by atoms with Crippen LogP contribution < -0.4 is 10.6 Å². The zero-order valence-electron chi connectivity index (χ0n) is 17.2. The van der Waals surface area contributed by atoms with Gasteiger partial charge in [-0.05, 0) is 62.1 Å². The number of benzene rings is 2. The molecule has 3 amide bonds. The highest BCUT2D eigenvalue weighted by Crippen LogP contribution is 2.28. The number of halogens is 1. The zero-order chi connectivity index (χ0) is 22.0. The van der Waals surface area contributed by atoms with Crippen LogP contribution in [0.1, 0.15) is 24.0 Å². The summed E-state index contributed by atoms with van der Waals surface area (Å²) in [6, 6.07) is 12.7. The van der Waals surface area contributed by atoms with Gasteiger partial charge in [-0.25, -0.2) is 4.79 Å². The van der Waals surface area contributed by atoms with Crippen molar-refractivity contribution in [1.29, 1.82) is 0 Å². The summed E-state index contributed by atoms with van der Waals surface area (Å²) in [5.74, 6) is -0.244. The Hall–Kier alpha value is -2.78. The van der Waals surface area contributed by atoms with Crippen molar-refractivity contribution in [3.05, 3.63) is 58.1 Å². The van der Waals surface area contributed by atoms with E-state index in [2.05, 4.69) is 36.8 Å². The van der Waals surface area contributed by atoms with Gasteiger partial charge in [0.05, 0.1) is 0 Å². The molecular formula is C22H22BrN5O2S. The highest BCUT2D eigenvalue weighted by atomic mass is 79.9. The highest BCUT2D eigenvalue weighted by molar-refractivity contribution is 9.10. The summed E-state index contributed by atoms with van der Waals surface area (Å²) in [5.41, 5.74) is 3.92. The van der Waals surface area contributed by atoms with Gasteiger partial charge in [-0.15, -0.1) is 10.2 Å². The van der Waals surface area contributed by atoms with E-state index >= 15 is 0 Å². The van der Waals surface area contributed by atoms with Crippen molar-refractivity contribution in [2.75, 3.05) is 17.2 Å². The number of nitrogens with one attached hydrogen (secondary N) is 2. The maximum absolute atomic E-state index is 12.9. The molecule has 1 aromatic heterocycles. The van der Waals surface area contributed by atoms with Gasteiger partial charge in [-0.2, -0.15) is 0 Å². The number of nitrogens with zero attached hydrogens (tertiary/aromatic N) is 3. The Balaban J connectivity index is 1.41. The first-order chi connectivity index (χ1) is 14.9. The average molecular weight is 500 g/mol. The summed E-state index contributed by atoms with van der Waals surface area (Å²) in [7, 11) is 0. The Morgan fingerprint density at radius 1 is 1.06 bits per heavy atom. The smallest absolute Gasteiger partial charge is 0.312 e. The number of likely N-dealkylation sites (tertiary alicyclic amines) is 1. The van der Waals surface area contributed by atoms with Crippen LogP contribution in [0.15, 0.2) is 46.9 Å². The number of hydrogen-bond acceptors (Lipinski definition) is 5. The molecule has 2 N–H and O–H groups in total. The van der Waals surface area contributed by atoms with Crippen LogP contribution in [0.4, 0.5) is 15.6 Å². The second-order valence-electron chi connectivity index (χ2n) is 7.49. The van der Waals surface area contributed by atoms with Crippen molar-refractivity contribution in [3.63, 3.8) is 0 Å². The summed E-state index contributed by atoms with van der Waals surface area (Å²) in [6.45, 7) is 4.56. The minimum atomic E-state index is -0.536. The molecule has 1 unspecified atom stereocenters. The van der Waals surface area contributed by atoms with Gasteiger partial charge in [0.15, 0.2) is 0 Å². The Bertz CT molecular complexity index is 1120. The molecule has 1 fully saturated rings. The summed E-state index contributed by atoms with van der Waals surface area (Å²) in [4.78, 5) is 27.3. The number of aromatic nitrogens is 2. The number of aryl methyl sites for hydroxylation is 2. The van der Waals surface area contributed by atoms with Crippen LogP contribution in [0.5, 0.6) is 0 Å². The maximum atomic E-state index is 12.9. The fraction of sp³-hybridized carbons (Fsp3) is 0.273. The van der Waals surface area contributed by atoms with Gasteiger partial charge in [0.25, 0.3) is 0 Å². The predicted octanol–water partition coefficient (Wildman–Crippen LogP) is 5.22. The molecule has 9 heteroatoms. The molecule has 7 nitrogen and oxygen atoms in total. The Labute approximate surface area is 193 Å². The summed E-state index contributed by atoms with van der Waals surface area (Å²) >= 11 is 4.72. The molecule has 0 bridgehead atoms. The highest BCUT2D eigenvalue weighted by Gasteiger charge is 2.34. The second kappa shape index (κ2) is 9.15. The standard InChI is InChI=1S/C22H22BrN5O2S/c1-13-5-10-17(12-14(13)2)24-22(30)28-11-3-4-18(28)19(29)25-21-27-26-20(31-21)15-6-8-16(23)9-7-15/h5-10,12,18H,3-4,11H2,1-2H3,(H,24,30)(H,25,27,29). The van der Waals surface area contributed by atoms with Crippen LogP contribution in [-0.2, 0) is 4.79 Å². The first-order valence-corrected chi connectivity index (χ1v) is 11.6. The number of carbonyl (C=O) groups excluding carboxylic acids is 2. The third-order valence-corrected chi connectivity index (χ3v) is 6.74. The minimum Gasteiger partial charge on any atom is -0.312 e. The normalized spacial score (nSPS) is 15.7. The SMILES string of the molecule is Cc1ccc(NC(=O)N2CCCC2C(=O)Nc2nnc(-c3ccc(Br)cc3)s2)cc1C. The molecule has 0 aliphatic carbocycles. The summed E-state index contributed by atoms with van der Waals surface area (Å²) in [5, 5.41) is 15.1. The van der Waals surface area contributed by atoms with E-state index in [0.29, 0.717) is 18.1 Å². The molecule has 0 spiro atoms. The average Bonchev–Trinajstić information content (AvgIpc) is 3.41. The van der Waals surface area contributed by atoms with Crippen LogP contribution in [0, 0.1) is 13.8 Å². The monoisotopic (exact) mass is 499 g/mol. The van der Waals surface area contributed by atoms with Gasteiger partial charge >= 0.3 is 6.03 Å². The number of anilines is 2. The zero-order valence-corrected chi connectivity index (χ0v) is 19.6. The largest absolute Gasteiger partial charge is 0.322 e. The molecule has 4 rings (SSSR count). The summed E-state index contributed by atoms with van der Waals surface area (Å²) < 4.78 is 0.981. The van der Waals surface area contributed by atoms with Crippen molar-refractivity contribution in [2.45, 2.75) is 32.7 Å². The van der Waals surface area contributed by atoms with E-state index in [1.165, 1.54) is 11.3 Å². The lowest BCUT2D eigenvalue weighted by Gasteiger charge is -2.24. The first-order valence-electron chi connectivity index (χ1n) is 9.96. The number of amides is 3. The van der Waals surface area contributed by atoms with Crippen molar-refractivity contribution in [1.82, 2.24) is 15.1 Å². The van der Waals surface area contributed by atoms with Crippen LogP contribution in [0.3, 0.4) is 0 Å². The molecule has 1 aliphatic heterocycles. The van der Waals surface area contributed by atoms with Crippen molar-refractivity contribution in [2.24, 2.45) is 0 Å². The van der Waals surface area contributed by atoms with Gasteiger partial charge in [0.2, 0.25) is 11.0 Å². The fourth-order valence-corrected chi connectivity index (χ4v) is 4.48. The molecule has 0 radical (unpaired) electrons. The van der Waals surface area contributed by atoms with Gasteiger partial charge < -0.3 is 10.2 Å². The van der Waals surface area contributed by atoms with Gasteiger partial charge in [-0.3, -0.25) is 10.1 Å². The first kappa shape index (κ1) is 21.5. The Kier molecular flexibility index (Phi) is 6.33. The number of rotatable bonds is 4. The Morgan fingerprint density at radius 3 is 2.58 bits per heavy atom. The van der Waals surface area contributed by atoms with E-state index < -0.39 is 6.04 Å². The van der Waals surface area contributed by atoms with E-state index in [0.717, 1.165) is 38.3 Å². The molecule has 2 aromatic carbocycles. The van der Waals surface area contributed by atoms with Gasteiger partial charge in [-0.1, -0.05) is 45.5 Å². The molecule has 0 saturated carbocycles. The molecule has 1 atom stereocenters. The van der Waals surface area contributed by atoms with E-state index in [1.807, 2.05) is 56.3 Å². The molecule has 2 heterocycles. The van der Waals surface area contributed by atoms with Crippen molar-refractivity contribution < 1.29 is 9.59 Å². The fourth-order valence-electron chi connectivity index (χ4n) is 3.47. The predicted molar refractivity (Wildman–Crippen MR) is 126 cm³/mol. The van der Waals surface area contributed by atoms with E-state index in [1.54, 1.807) is 4.90 Å². The van der Waals surface area contributed by atoms with Crippen LogP contribution in [0.2, 0.25) is 0 Å². The molecule has 3 aromatic rings. The van der Waals surface area contributed by atoms with E-state index in [-0.39, 0.29) is 11.9 Å². The Morgan fingerprint density at radius 2 is 1.84 bits per heavy atom. The van der Waals surface area contributed by atoms with E-state index in [4.69, 9.17) is 0 Å². The molecular weight excluding hydrogens is 478 g/mol. The van der Waals surface area contributed by atoms with Crippen molar-refractivity contribution in [3.8, 4) is 10.6 Å². The van der Waals surface area contributed by atoms with Crippen LogP contribution in [-0.4, -0.2) is 39.6 Å². The lowest BCUT2D eigenvalue weighted by atomic mass is 10.1. The lowest BCUT2D eigenvalue weighted by Crippen LogP contribution is -2.45. The van der Waals surface area contributed by atoms with Gasteiger partial charge in [0, 0.05) is 22.3 Å². The number of carbonyl (C=O) groups is 2. The molecule has 31 heavy (non-hydrogen) atoms. The molecule has 1 aliphatic rings. The van der Waals surface area contributed by atoms with Crippen LogP contribution >= 0.6 is 27.3 Å². The number of hydrogen-bond donors (Lipinski definition) is 2. The third kappa shape index (κ3) is 4.94. The lowest BCUT2D eigenvalue weighted by molar-refractivity contribution is -0.119. The van der Waals surface area contributed by atoms with Crippen molar-refractivity contribution >= 4 is 50.0 Å². The third-order valence-electron chi connectivity index (χ3n) is 5.32. The van der Waals surface area contributed by atoms with E-state index in [9.17, 15) is 9.59 Å². The minimum absolute atomic E-state index is 0.244. The topological polar surface area (TPSA) is 87.2 Å². The quantitative estimate of drug-likeness (QED) is 0.514. The number of urea groups is 1.